The molecule has 0 radical (unpaired) electrons. The van der Waals surface area contributed by atoms with Crippen LogP contribution in [0.5, 0.6) is 0 Å². The number of nitrogens with one attached hydrogen (secondary N) is 1. The molecule has 0 atom stereocenters. The lowest BCUT2D eigenvalue weighted by Crippen LogP contribution is -2.09. The second-order valence-corrected chi connectivity index (χ2v) is 4.33. The molecule has 0 aliphatic rings. The van der Waals surface area contributed by atoms with E-state index in [-0.39, 0.29) is 6.10 Å². The average molecular weight is 248 g/mol. The first-order valence-corrected chi connectivity index (χ1v) is 6.14. The van der Waals surface area contributed by atoms with E-state index in [1.54, 1.807) is 6.07 Å². The van der Waals surface area contributed by atoms with Crippen LogP contribution in [0.15, 0.2) is 12.3 Å². The highest BCUT2D eigenvalue weighted by molar-refractivity contribution is 5.62. The topological polar surface area (TPSA) is 84.0 Å². The van der Waals surface area contributed by atoms with Crippen LogP contribution in [0, 0.1) is 11.3 Å². The van der Waals surface area contributed by atoms with Crippen molar-refractivity contribution in [2.45, 2.75) is 32.8 Å². The summed E-state index contributed by atoms with van der Waals surface area (Å²) in [5.74, 6) is 0.638. The zero-order valence-corrected chi connectivity index (χ0v) is 10.9. The van der Waals surface area contributed by atoms with Gasteiger partial charge in [0.25, 0.3) is 0 Å². The van der Waals surface area contributed by atoms with Crippen molar-refractivity contribution in [1.29, 1.82) is 5.26 Å². The van der Waals surface area contributed by atoms with Gasteiger partial charge in [0.2, 0.25) is 0 Å². The Morgan fingerprint density at radius 3 is 2.89 bits per heavy atom. The zero-order valence-electron chi connectivity index (χ0n) is 10.9. The molecule has 0 saturated carbocycles. The van der Waals surface area contributed by atoms with E-state index in [9.17, 15) is 0 Å². The zero-order chi connectivity index (χ0) is 13.4. The van der Waals surface area contributed by atoms with E-state index in [1.165, 1.54) is 6.20 Å². The molecule has 1 aromatic rings. The predicted molar refractivity (Wildman–Crippen MR) is 72.2 cm³/mol. The van der Waals surface area contributed by atoms with Crippen molar-refractivity contribution in [2.75, 3.05) is 24.2 Å². The number of nitriles is 1. The molecule has 0 saturated heterocycles. The predicted octanol–water partition coefficient (Wildman–Crippen LogP) is 2.15. The molecule has 98 valence electrons. The third-order valence-electron chi connectivity index (χ3n) is 2.36. The molecule has 1 aromatic heterocycles. The van der Waals surface area contributed by atoms with Gasteiger partial charge in [0, 0.05) is 19.3 Å². The first-order chi connectivity index (χ1) is 8.63. The molecule has 5 heteroatoms. The Morgan fingerprint density at radius 1 is 1.50 bits per heavy atom. The van der Waals surface area contributed by atoms with E-state index >= 15 is 0 Å². The van der Waals surface area contributed by atoms with Gasteiger partial charge in [-0.2, -0.15) is 5.26 Å². The molecule has 0 amide bonds. The van der Waals surface area contributed by atoms with Crippen LogP contribution in [0.1, 0.15) is 32.3 Å². The summed E-state index contributed by atoms with van der Waals surface area (Å²) in [6.45, 7) is 5.62. The van der Waals surface area contributed by atoms with E-state index in [0.717, 1.165) is 26.0 Å². The maximum absolute atomic E-state index is 8.69. The van der Waals surface area contributed by atoms with E-state index in [4.69, 9.17) is 15.7 Å². The number of nitrogen functional groups attached to an aromatic ring is 1. The Kier molecular flexibility index (Phi) is 5.95. The van der Waals surface area contributed by atoms with Crippen molar-refractivity contribution in [3.05, 3.63) is 17.8 Å². The molecule has 0 spiro atoms. The number of nitrogens with zero attached hydrogens (tertiary/aromatic N) is 2. The van der Waals surface area contributed by atoms with Crippen LogP contribution in [0.2, 0.25) is 0 Å². The Hall–Kier alpha value is -1.80. The molecule has 3 N–H and O–H groups in total. The van der Waals surface area contributed by atoms with E-state index in [2.05, 4.69) is 10.3 Å². The van der Waals surface area contributed by atoms with Gasteiger partial charge in [-0.25, -0.2) is 4.98 Å². The Balaban J connectivity index is 2.25. The number of ether oxygens (including phenoxy) is 1. The Bertz CT molecular complexity index is 412. The molecule has 0 unspecified atom stereocenters. The first kappa shape index (κ1) is 14.3. The smallest absolute Gasteiger partial charge is 0.149 e. The van der Waals surface area contributed by atoms with Gasteiger partial charge >= 0.3 is 0 Å². The van der Waals surface area contributed by atoms with E-state index in [0.29, 0.717) is 17.1 Å². The van der Waals surface area contributed by atoms with Crippen molar-refractivity contribution in [3.8, 4) is 6.07 Å². The molecule has 0 fully saturated rings. The molecule has 0 aliphatic heterocycles. The molecule has 1 rings (SSSR count). The third-order valence-corrected chi connectivity index (χ3v) is 2.36. The highest BCUT2D eigenvalue weighted by atomic mass is 16.5. The van der Waals surface area contributed by atoms with Gasteiger partial charge in [-0.05, 0) is 32.8 Å². The van der Waals surface area contributed by atoms with Gasteiger partial charge in [-0.3, -0.25) is 0 Å². The minimum Gasteiger partial charge on any atom is -0.396 e. The summed E-state index contributed by atoms with van der Waals surface area (Å²) in [5, 5.41) is 11.8. The van der Waals surface area contributed by atoms with Crippen LogP contribution in [0.4, 0.5) is 11.5 Å². The highest BCUT2D eigenvalue weighted by Crippen LogP contribution is 2.15. The van der Waals surface area contributed by atoms with Gasteiger partial charge < -0.3 is 15.8 Å². The second kappa shape index (κ2) is 7.51. The van der Waals surface area contributed by atoms with Crippen LogP contribution in [0.25, 0.3) is 0 Å². The molecule has 0 aliphatic carbocycles. The van der Waals surface area contributed by atoms with Crippen LogP contribution in [-0.2, 0) is 4.74 Å². The summed E-state index contributed by atoms with van der Waals surface area (Å²) >= 11 is 0. The lowest BCUT2D eigenvalue weighted by Gasteiger charge is -2.09. The summed E-state index contributed by atoms with van der Waals surface area (Å²) in [6, 6.07) is 3.62. The minimum absolute atomic E-state index is 0.286. The molecule has 0 bridgehead atoms. The highest BCUT2D eigenvalue weighted by Gasteiger charge is 2.01. The maximum atomic E-state index is 8.69. The molecule has 1 heterocycles. The van der Waals surface area contributed by atoms with Crippen LogP contribution < -0.4 is 11.1 Å². The van der Waals surface area contributed by atoms with Crippen LogP contribution >= 0.6 is 0 Å². The van der Waals surface area contributed by atoms with Crippen molar-refractivity contribution >= 4 is 11.5 Å². The number of rotatable bonds is 7. The van der Waals surface area contributed by atoms with Crippen molar-refractivity contribution in [3.63, 3.8) is 0 Å². The SMILES string of the molecule is CC(C)OCCCCNc1ncc(C#N)cc1N. The molecule has 18 heavy (non-hydrogen) atoms. The monoisotopic (exact) mass is 248 g/mol. The Labute approximate surface area is 108 Å². The van der Waals surface area contributed by atoms with Crippen molar-refractivity contribution in [1.82, 2.24) is 4.98 Å². The van der Waals surface area contributed by atoms with Gasteiger partial charge in [-0.1, -0.05) is 0 Å². The van der Waals surface area contributed by atoms with E-state index in [1.807, 2.05) is 19.9 Å². The van der Waals surface area contributed by atoms with Gasteiger partial charge in [0.05, 0.1) is 17.4 Å². The first-order valence-electron chi connectivity index (χ1n) is 6.14. The molecule has 5 nitrogen and oxygen atoms in total. The number of unbranched alkanes of at least 4 members (excludes halogenated alkanes) is 1. The third kappa shape index (κ3) is 5.02. The van der Waals surface area contributed by atoms with Gasteiger partial charge in [-0.15, -0.1) is 0 Å². The van der Waals surface area contributed by atoms with Gasteiger partial charge in [0.1, 0.15) is 11.9 Å². The fraction of sp³-hybridized carbons (Fsp3) is 0.538. The average Bonchev–Trinajstić information content (AvgIpc) is 2.34. The fourth-order valence-corrected chi connectivity index (χ4v) is 1.44. The molecular formula is C13H20N4O. The summed E-state index contributed by atoms with van der Waals surface area (Å²) in [7, 11) is 0. The summed E-state index contributed by atoms with van der Waals surface area (Å²) in [5.41, 5.74) is 6.76. The van der Waals surface area contributed by atoms with Crippen LogP contribution in [-0.4, -0.2) is 24.2 Å². The lowest BCUT2D eigenvalue weighted by atomic mass is 10.2. The summed E-state index contributed by atoms with van der Waals surface area (Å²) in [6.07, 6.45) is 3.80. The number of hydrogen-bond acceptors (Lipinski definition) is 5. The number of nitrogens with two attached hydrogens (primary N) is 1. The summed E-state index contributed by atoms with van der Waals surface area (Å²) in [4.78, 5) is 4.11. The van der Waals surface area contributed by atoms with Crippen molar-refractivity contribution in [2.24, 2.45) is 0 Å². The number of anilines is 2. The largest absolute Gasteiger partial charge is 0.396 e. The summed E-state index contributed by atoms with van der Waals surface area (Å²) < 4.78 is 5.44. The Morgan fingerprint density at radius 2 is 2.28 bits per heavy atom. The fourth-order valence-electron chi connectivity index (χ4n) is 1.44. The number of aromatic nitrogens is 1. The molecular weight excluding hydrogens is 228 g/mol. The number of hydrogen-bond donors (Lipinski definition) is 2. The van der Waals surface area contributed by atoms with Crippen LogP contribution in [0.3, 0.4) is 0 Å². The van der Waals surface area contributed by atoms with Gasteiger partial charge in [0.15, 0.2) is 0 Å². The minimum atomic E-state index is 0.286. The maximum Gasteiger partial charge on any atom is 0.149 e. The lowest BCUT2D eigenvalue weighted by molar-refractivity contribution is 0.0765. The second-order valence-electron chi connectivity index (χ2n) is 4.33. The number of pyridine rings is 1. The standard InChI is InChI=1S/C13H20N4O/c1-10(2)18-6-4-3-5-16-13-12(15)7-11(8-14)9-17-13/h7,9-10H,3-6,15H2,1-2H3,(H,16,17). The molecule has 0 aromatic carbocycles. The normalized spacial score (nSPS) is 10.3. The quantitative estimate of drug-likeness (QED) is 0.722. The van der Waals surface area contributed by atoms with E-state index < -0.39 is 0 Å². The van der Waals surface area contributed by atoms with Crippen molar-refractivity contribution < 1.29 is 4.74 Å².